The zero-order valence-electron chi connectivity index (χ0n) is 12.4. The molecule has 2 aromatic carbocycles. The Labute approximate surface area is 147 Å². The van der Waals surface area contributed by atoms with E-state index in [1.807, 2.05) is 53.9 Å². The molecule has 1 N–H and O–H groups in total. The molecule has 0 aliphatic rings. The lowest BCUT2D eigenvalue weighted by atomic mass is 10.2. The number of halogens is 1. The maximum absolute atomic E-state index is 5.24. The van der Waals surface area contributed by atoms with E-state index in [0.717, 1.165) is 32.2 Å². The van der Waals surface area contributed by atoms with Crippen LogP contribution in [0.15, 0.2) is 63.5 Å². The number of benzene rings is 2. The number of ether oxygens (including phenoxy) is 1. The van der Waals surface area contributed by atoms with Crippen LogP contribution in [0.4, 0.5) is 5.13 Å². The highest BCUT2D eigenvalue weighted by Crippen LogP contribution is 2.27. The highest BCUT2D eigenvalue weighted by molar-refractivity contribution is 9.10. The quantitative estimate of drug-likeness (QED) is 0.493. The molecule has 3 aromatic rings. The smallest absolute Gasteiger partial charge is 0.203 e. The Kier molecular flexibility index (Phi) is 5.05. The van der Waals surface area contributed by atoms with Crippen molar-refractivity contribution < 1.29 is 4.74 Å². The molecule has 23 heavy (non-hydrogen) atoms. The maximum atomic E-state index is 5.24. The topological polar surface area (TPSA) is 46.5 Å². The molecule has 0 radical (unpaired) electrons. The predicted octanol–water partition coefficient (Wildman–Crippen LogP) is 5.03. The molecule has 0 saturated carbocycles. The summed E-state index contributed by atoms with van der Waals surface area (Å²) in [6.45, 7) is 0. The zero-order valence-corrected chi connectivity index (χ0v) is 14.8. The van der Waals surface area contributed by atoms with Gasteiger partial charge in [-0.25, -0.2) is 4.98 Å². The number of hydrazone groups is 1. The number of nitrogens with one attached hydrogen (secondary N) is 1. The molecule has 0 bridgehead atoms. The molecule has 1 heterocycles. The van der Waals surface area contributed by atoms with Crippen molar-refractivity contribution in [2.75, 3.05) is 12.5 Å². The van der Waals surface area contributed by atoms with Crippen molar-refractivity contribution in [1.29, 1.82) is 0 Å². The molecule has 0 fully saturated rings. The summed E-state index contributed by atoms with van der Waals surface area (Å²) in [6, 6.07) is 15.8. The lowest BCUT2D eigenvalue weighted by Crippen LogP contribution is -1.90. The van der Waals surface area contributed by atoms with Crippen LogP contribution < -0.4 is 10.2 Å². The summed E-state index contributed by atoms with van der Waals surface area (Å²) in [5.74, 6) is 0.817. The van der Waals surface area contributed by atoms with Crippen molar-refractivity contribution in [3.05, 3.63) is 63.9 Å². The van der Waals surface area contributed by atoms with Gasteiger partial charge in [-0.1, -0.05) is 40.2 Å². The molecule has 0 aliphatic heterocycles. The van der Waals surface area contributed by atoms with Crippen molar-refractivity contribution in [3.8, 4) is 17.0 Å². The van der Waals surface area contributed by atoms with E-state index in [2.05, 4.69) is 31.4 Å². The van der Waals surface area contributed by atoms with E-state index in [1.165, 1.54) is 11.3 Å². The molecule has 6 heteroatoms. The van der Waals surface area contributed by atoms with Gasteiger partial charge in [0.25, 0.3) is 0 Å². The molecule has 4 nitrogen and oxygen atoms in total. The van der Waals surface area contributed by atoms with Crippen molar-refractivity contribution in [2.45, 2.75) is 0 Å². The van der Waals surface area contributed by atoms with Crippen LogP contribution in [0.5, 0.6) is 5.75 Å². The van der Waals surface area contributed by atoms with E-state index < -0.39 is 0 Å². The van der Waals surface area contributed by atoms with Gasteiger partial charge in [0.1, 0.15) is 5.75 Å². The number of hydrogen-bond donors (Lipinski definition) is 1. The zero-order chi connectivity index (χ0) is 16.1. The van der Waals surface area contributed by atoms with Crippen molar-refractivity contribution >= 4 is 38.6 Å². The highest BCUT2D eigenvalue weighted by atomic mass is 79.9. The second-order valence-corrected chi connectivity index (χ2v) is 6.47. The Hall–Kier alpha value is -2.18. The van der Waals surface area contributed by atoms with E-state index in [-0.39, 0.29) is 0 Å². The van der Waals surface area contributed by atoms with Crippen LogP contribution in [0.2, 0.25) is 0 Å². The van der Waals surface area contributed by atoms with Gasteiger partial charge < -0.3 is 4.74 Å². The third kappa shape index (κ3) is 4.18. The van der Waals surface area contributed by atoms with Gasteiger partial charge in [-0.05, 0) is 29.8 Å². The van der Waals surface area contributed by atoms with Crippen LogP contribution in [0, 0.1) is 0 Å². The number of thiazole rings is 1. The molecule has 0 unspecified atom stereocenters. The van der Waals surface area contributed by atoms with Crippen LogP contribution in [0.1, 0.15) is 5.56 Å². The lowest BCUT2D eigenvalue weighted by Gasteiger charge is -2.01. The lowest BCUT2D eigenvalue weighted by molar-refractivity contribution is 0.415. The van der Waals surface area contributed by atoms with Crippen molar-refractivity contribution in [1.82, 2.24) is 4.98 Å². The van der Waals surface area contributed by atoms with Gasteiger partial charge in [-0.15, -0.1) is 11.3 Å². The van der Waals surface area contributed by atoms with E-state index >= 15 is 0 Å². The van der Waals surface area contributed by atoms with Gasteiger partial charge in [0.15, 0.2) is 0 Å². The summed E-state index contributed by atoms with van der Waals surface area (Å²) >= 11 is 4.95. The number of rotatable bonds is 5. The standard InChI is InChI=1S/C17H14BrN3OS/c1-22-15-7-3-5-13(9-15)16-11-23-17(20-16)21-19-10-12-4-2-6-14(18)8-12/h2-11H,1H3,(H,20,21)/b19-10-. The SMILES string of the molecule is COc1cccc(-c2csc(N/N=C\c3cccc(Br)c3)n2)c1. The third-order valence-corrected chi connectivity index (χ3v) is 4.33. The summed E-state index contributed by atoms with van der Waals surface area (Å²) < 4.78 is 6.26. The highest BCUT2D eigenvalue weighted by Gasteiger charge is 2.05. The van der Waals surface area contributed by atoms with E-state index in [9.17, 15) is 0 Å². The van der Waals surface area contributed by atoms with E-state index in [1.54, 1.807) is 13.3 Å². The number of aromatic nitrogens is 1. The van der Waals surface area contributed by atoms with Gasteiger partial charge >= 0.3 is 0 Å². The number of hydrogen-bond acceptors (Lipinski definition) is 5. The van der Waals surface area contributed by atoms with Crippen molar-refractivity contribution in [3.63, 3.8) is 0 Å². The Morgan fingerprint density at radius 1 is 1.22 bits per heavy atom. The number of nitrogens with zero attached hydrogens (tertiary/aromatic N) is 2. The first-order valence-corrected chi connectivity index (χ1v) is 8.56. The van der Waals surface area contributed by atoms with Gasteiger partial charge in [0.05, 0.1) is 19.0 Å². The Morgan fingerprint density at radius 2 is 2.09 bits per heavy atom. The average Bonchev–Trinajstić information content (AvgIpc) is 3.04. The van der Waals surface area contributed by atoms with Crippen LogP contribution in [-0.4, -0.2) is 18.3 Å². The van der Waals surface area contributed by atoms with Crippen LogP contribution in [0.3, 0.4) is 0 Å². The monoisotopic (exact) mass is 387 g/mol. The van der Waals surface area contributed by atoms with Crippen LogP contribution >= 0.6 is 27.3 Å². The van der Waals surface area contributed by atoms with Crippen LogP contribution in [-0.2, 0) is 0 Å². The summed E-state index contributed by atoms with van der Waals surface area (Å²) in [4.78, 5) is 4.53. The second-order valence-electron chi connectivity index (χ2n) is 4.69. The molecule has 0 saturated heterocycles. The predicted molar refractivity (Wildman–Crippen MR) is 99.5 cm³/mol. The second kappa shape index (κ2) is 7.39. The Morgan fingerprint density at radius 3 is 2.91 bits per heavy atom. The molecule has 0 amide bonds. The van der Waals surface area contributed by atoms with Gasteiger partial charge in [-0.3, -0.25) is 5.43 Å². The van der Waals surface area contributed by atoms with E-state index in [4.69, 9.17) is 4.74 Å². The average molecular weight is 388 g/mol. The molecular weight excluding hydrogens is 374 g/mol. The summed E-state index contributed by atoms with van der Waals surface area (Å²) in [5, 5.41) is 6.96. The van der Waals surface area contributed by atoms with Gasteiger partial charge in [0.2, 0.25) is 5.13 Å². The fourth-order valence-corrected chi connectivity index (χ4v) is 3.07. The van der Waals surface area contributed by atoms with Gasteiger partial charge in [-0.2, -0.15) is 5.10 Å². The minimum atomic E-state index is 0.745. The summed E-state index contributed by atoms with van der Waals surface area (Å²) in [6.07, 6.45) is 1.76. The summed E-state index contributed by atoms with van der Waals surface area (Å²) in [7, 11) is 1.66. The Balaban J connectivity index is 1.69. The first-order chi connectivity index (χ1) is 11.2. The van der Waals surface area contributed by atoms with Crippen LogP contribution in [0.25, 0.3) is 11.3 Å². The molecule has 0 aliphatic carbocycles. The minimum Gasteiger partial charge on any atom is -0.497 e. The molecule has 0 atom stereocenters. The minimum absolute atomic E-state index is 0.745. The molecule has 0 spiro atoms. The first kappa shape index (κ1) is 15.7. The maximum Gasteiger partial charge on any atom is 0.203 e. The molecule has 116 valence electrons. The molecular formula is C17H14BrN3OS. The molecule has 3 rings (SSSR count). The van der Waals surface area contributed by atoms with E-state index in [0.29, 0.717) is 0 Å². The first-order valence-electron chi connectivity index (χ1n) is 6.89. The largest absolute Gasteiger partial charge is 0.497 e. The fraction of sp³-hybridized carbons (Fsp3) is 0.0588. The normalized spacial score (nSPS) is 10.9. The Bertz CT molecular complexity index is 832. The molecule has 1 aromatic heterocycles. The number of methoxy groups -OCH3 is 1. The van der Waals surface area contributed by atoms with Crippen molar-refractivity contribution in [2.24, 2.45) is 5.10 Å². The van der Waals surface area contributed by atoms with Gasteiger partial charge in [0, 0.05) is 15.4 Å². The third-order valence-electron chi connectivity index (χ3n) is 3.09. The summed E-state index contributed by atoms with van der Waals surface area (Å²) in [5.41, 5.74) is 5.89. The fourth-order valence-electron chi connectivity index (χ4n) is 1.99. The number of anilines is 1.